The molecular formula is C12H17NO3S. The first-order valence-electron chi connectivity index (χ1n) is 5.57. The van der Waals surface area contributed by atoms with Gasteiger partial charge in [-0.1, -0.05) is 20.8 Å². The summed E-state index contributed by atoms with van der Waals surface area (Å²) in [5.41, 5.74) is -0.0749. The molecule has 0 aromatic carbocycles. The van der Waals surface area contributed by atoms with Crippen molar-refractivity contribution in [3.05, 3.63) is 15.6 Å². The van der Waals surface area contributed by atoms with Crippen molar-refractivity contribution >= 4 is 17.3 Å². The molecule has 0 atom stereocenters. The van der Waals surface area contributed by atoms with E-state index in [1.807, 2.05) is 6.92 Å². The van der Waals surface area contributed by atoms with Crippen LogP contribution in [0.1, 0.15) is 36.3 Å². The van der Waals surface area contributed by atoms with E-state index in [1.165, 1.54) is 11.3 Å². The van der Waals surface area contributed by atoms with Gasteiger partial charge in [-0.25, -0.2) is 4.98 Å². The van der Waals surface area contributed by atoms with Crippen molar-refractivity contribution in [3.8, 4) is 0 Å². The van der Waals surface area contributed by atoms with E-state index in [0.717, 1.165) is 15.6 Å². The van der Waals surface area contributed by atoms with Crippen molar-refractivity contribution in [2.45, 2.75) is 38.5 Å². The fraction of sp³-hybridized carbons (Fsp3) is 0.667. The Balaban J connectivity index is 2.46. The highest BCUT2D eigenvalue weighted by Gasteiger charge is 2.50. The van der Waals surface area contributed by atoms with Gasteiger partial charge in [-0.15, -0.1) is 11.3 Å². The van der Waals surface area contributed by atoms with Crippen LogP contribution in [-0.2, 0) is 20.4 Å². The SMILES string of the molecule is Cc1nc(C(C)(C)C)sc1C1(C(=O)O)COC1. The normalized spacial score (nSPS) is 18.8. The van der Waals surface area contributed by atoms with Crippen LogP contribution in [0.25, 0.3) is 0 Å². The maximum absolute atomic E-state index is 11.4. The lowest BCUT2D eigenvalue weighted by atomic mass is 9.83. The van der Waals surface area contributed by atoms with E-state index < -0.39 is 11.4 Å². The summed E-state index contributed by atoms with van der Waals surface area (Å²) in [6.07, 6.45) is 0. The molecule has 1 aliphatic heterocycles. The third-order valence-corrected chi connectivity index (χ3v) is 4.77. The van der Waals surface area contributed by atoms with Gasteiger partial charge in [0, 0.05) is 10.3 Å². The molecule has 1 saturated heterocycles. The van der Waals surface area contributed by atoms with Gasteiger partial charge in [-0.05, 0) is 6.92 Å². The second-order valence-electron chi connectivity index (χ2n) is 5.56. The number of carbonyl (C=O) groups is 1. The monoisotopic (exact) mass is 255 g/mol. The maximum atomic E-state index is 11.4. The van der Waals surface area contributed by atoms with Crippen molar-refractivity contribution in [2.75, 3.05) is 13.2 Å². The zero-order valence-electron chi connectivity index (χ0n) is 10.5. The summed E-state index contributed by atoms with van der Waals surface area (Å²) in [6, 6.07) is 0. The first-order valence-corrected chi connectivity index (χ1v) is 6.38. The van der Waals surface area contributed by atoms with Crippen LogP contribution in [0.3, 0.4) is 0 Å². The van der Waals surface area contributed by atoms with Crippen LogP contribution >= 0.6 is 11.3 Å². The number of hydrogen-bond donors (Lipinski definition) is 1. The van der Waals surface area contributed by atoms with E-state index in [2.05, 4.69) is 25.8 Å². The predicted molar refractivity (Wildman–Crippen MR) is 65.7 cm³/mol. The Kier molecular flexibility index (Phi) is 2.78. The number of aromatic nitrogens is 1. The Morgan fingerprint density at radius 1 is 1.47 bits per heavy atom. The number of carboxylic acid groups (broad SMARTS) is 1. The summed E-state index contributed by atoms with van der Waals surface area (Å²) in [6.45, 7) is 8.65. The molecule has 0 amide bonds. The summed E-state index contributed by atoms with van der Waals surface area (Å²) >= 11 is 1.51. The molecule has 4 nitrogen and oxygen atoms in total. The van der Waals surface area contributed by atoms with Crippen molar-refractivity contribution < 1.29 is 14.6 Å². The number of ether oxygens (including phenoxy) is 1. The van der Waals surface area contributed by atoms with E-state index in [0.29, 0.717) is 0 Å². The molecule has 94 valence electrons. The summed E-state index contributed by atoms with van der Waals surface area (Å²) in [7, 11) is 0. The maximum Gasteiger partial charge on any atom is 0.319 e. The largest absolute Gasteiger partial charge is 0.480 e. The minimum absolute atomic E-state index is 0.0437. The van der Waals surface area contributed by atoms with Crippen LogP contribution in [0, 0.1) is 6.92 Å². The Morgan fingerprint density at radius 2 is 2.06 bits per heavy atom. The molecule has 0 aliphatic carbocycles. The molecule has 1 aromatic heterocycles. The number of aliphatic carboxylic acids is 1. The molecule has 2 rings (SSSR count). The highest BCUT2D eigenvalue weighted by Crippen LogP contribution is 2.40. The number of nitrogens with zero attached hydrogens (tertiary/aromatic N) is 1. The van der Waals surface area contributed by atoms with Gasteiger partial charge in [0.1, 0.15) is 5.41 Å². The molecule has 0 spiro atoms. The Morgan fingerprint density at radius 3 is 2.35 bits per heavy atom. The molecular weight excluding hydrogens is 238 g/mol. The summed E-state index contributed by atoms with van der Waals surface area (Å²) < 4.78 is 5.10. The van der Waals surface area contributed by atoms with Gasteiger partial charge in [-0.3, -0.25) is 4.79 Å². The topological polar surface area (TPSA) is 59.4 Å². The van der Waals surface area contributed by atoms with Crippen LogP contribution in [0.4, 0.5) is 0 Å². The lowest BCUT2D eigenvalue weighted by Crippen LogP contribution is -2.52. The average Bonchev–Trinajstić information content (AvgIpc) is 2.45. The Hall–Kier alpha value is -0.940. The van der Waals surface area contributed by atoms with Gasteiger partial charge in [0.25, 0.3) is 0 Å². The van der Waals surface area contributed by atoms with E-state index in [4.69, 9.17) is 4.74 Å². The lowest BCUT2D eigenvalue weighted by molar-refractivity contribution is -0.162. The lowest BCUT2D eigenvalue weighted by Gasteiger charge is -2.36. The molecule has 17 heavy (non-hydrogen) atoms. The van der Waals surface area contributed by atoms with Crippen LogP contribution in [-0.4, -0.2) is 29.3 Å². The molecule has 2 heterocycles. The third-order valence-electron chi connectivity index (χ3n) is 2.98. The second-order valence-corrected chi connectivity index (χ2v) is 6.56. The fourth-order valence-corrected chi connectivity index (χ4v) is 3.10. The summed E-state index contributed by atoms with van der Waals surface area (Å²) in [5, 5.41) is 10.4. The van der Waals surface area contributed by atoms with E-state index >= 15 is 0 Å². The highest BCUT2D eigenvalue weighted by atomic mass is 32.1. The summed E-state index contributed by atoms with van der Waals surface area (Å²) in [5.74, 6) is -0.809. The van der Waals surface area contributed by atoms with Crippen molar-refractivity contribution in [1.82, 2.24) is 4.98 Å². The fourth-order valence-electron chi connectivity index (χ4n) is 1.82. The Bertz CT molecular complexity index is 455. The zero-order chi connectivity index (χ0) is 12.8. The average molecular weight is 255 g/mol. The first-order chi connectivity index (χ1) is 7.77. The molecule has 0 bridgehead atoms. The molecule has 0 radical (unpaired) electrons. The number of aryl methyl sites for hydroxylation is 1. The van der Waals surface area contributed by atoms with Crippen molar-refractivity contribution in [1.29, 1.82) is 0 Å². The number of carboxylic acids is 1. The Labute approximate surface area is 105 Å². The minimum Gasteiger partial charge on any atom is -0.480 e. The van der Waals surface area contributed by atoms with Crippen LogP contribution < -0.4 is 0 Å². The number of hydrogen-bond acceptors (Lipinski definition) is 4. The standard InChI is InChI=1S/C12H17NO3S/c1-7-8(12(10(14)15)5-16-6-12)17-9(13-7)11(2,3)4/h5-6H2,1-4H3,(H,14,15). The van der Waals surface area contributed by atoms with Gasteiger partial charge >= 0.3 is 5.97 Å². The van der Waals surface area contributed by atoms with Gasteiger partial charge in [0.2, 0.25) is 0 Å². The van der Waals surface area contributed by atoms with Crippen molar-refractivity contribution in [2.24, 2.45) is 0 Å². The zero-order valence-corrected chi connectivity index (χ0v) is 11.3. The smallest absolute Gasteiger partial charge is 0.319 e. The van der Waals surface area contributed by atoms with Gasteiger partial charge in [0.05, 0.1) is 23.9 Å². The number of rotatable bonds is 2. The van der Waals surface area contributed by atoms with Crippen LogP contribution in [0.15, 0.2) is 0 Å². The first kappa shape index (κ1) is 12.5. The molecule has 5 heteroatoms. The molecule has 0 unspecified atom stereocenters. The van der Waals surface area contributed by atoms with Gasteiger partial charge in [0.15, 0.2) is 0 Å². The molecule has 0 saturated carbocycles. The third kappa shape index (κ3) is 1.87. The quantitative estimate of drug-likeness (QED) is 0.879. The van der Waals surface area contributed by atoms with Gasteiger partial charge < -0.3 is 9.84 Å². The predicted octanol–water partition coefficient (Wildman–Crippen LogP) is 2.10. The summed E-state index contributed by atoms with van der Waals surface area (Å²) in [4.78, 5) is 16.8. The van der Waals surface area contributed by atoms with E-state index in [1.54, 1.807) is 0 Å². The van der Waals surface area contributed by atoms with E-state index in [-0.39, 0.29) is 18.6 Å². The molecule has 1 N–H and O–H groups in total. The molecule has 1 fully saturated rings. The highest BCUT2D eigenvalue weighted by molar-refractivity contribution is 7.12. The number of thiazole rings is 1. The van der Waals surface area contributed by atoms with Gasteiger partial charge in [-0.2, -0.15) is 0 Å². The minimum atomic E-state index is -0.856. The van der Waals surface area contributed by atoms with Crippen LogP contribution in [0.2, 0.25) is 0 Å². The van der Waals surface area contributed by atoms with E-state index in [9.17, 15) is 9.90 Å². The molecule has 1 aromatic rings. The second kappa shape index (κ2) is 3.78. The van der Waals surface area contributed by atoms with Crippen molar-refractivity contribution in [3.63, 3.8) is 0 Å². The molecule has 1 aliphatic rings. The van der Waals surface area contributed by atoms with Crippen LogP contribution in [0.5, 0.6) is 0 Å².